The van der Waals surface area contributed by atoms with E-state index in [9.17, 15) is 18.0 Å². The number of carbonyl (C=O) groups is 1. The minimum absolute atomic E-state index is 0.0255. The largest absolute Gasteiger partial charge is 0.454 e. The number of hydrogen-bond acceptors (Lipinski definition) is 5. The quantitative estimate of drug-likeness (QED) is 0.564. The van der Waals surface area contributed by atoms with Crippen molar-refractivity contribution in [3.05, 3.63) is 53.6 Å². The zero-order valence-corrected chi connectivity index (χ0v) is 16.4. The van der Waals surface area contributed by atoms with E-state index in [1.54, 1.807) is 12.1 Å². The second kappa shape index (κ2) is 8.84. The third kappa shape index (κ3) is 5.26. The van der Waals surface area contributed by atoms with Crippen LogP contribution in [0.1, 0.15) is 28.8 Å². The zero-order chi connectivity index (χ0) is 21.8. The summed E-state index contributed by atoms with van der Waals surface area (Å²) in [7, 11) is 0. The van der Waals surface area contributed by atoms with Gasteiger partial charge in [0.25, 0.3) is 5.91 Å². The minimum atomic E-state index is -4.48. The van der Waals surface area contributed by atoms with Crippen molar-refractivity contribution in [3.8, 4) is 11.5 Å². The van der Waals surface area contributed by atoms with Gasteiger partial charge in [0.2, 0.25) is 12.8 Å². The van der Waals surface area contributed by atoms with Crippen LogP contribution in [0.5, 0.6) is 11.5 Å². The van der Waals surface area contributed by atoms with Crippen LogP contribution >= 0.6 is 0 Å². The van der Waals surface area contributed by atoms with Crippen LogP contribution in [0.15, 0.2) is 47.5 Å². The minimum Gasteiger partial charge on any atom is -0.454 e. The van der Waals surface area contributed by atoms with Crippen LogP contribution in [-0.4, -0.2) is 37.9 Å². The number of rotatable bonds is 4. The van der Waals surface area contributed by atoms with E-state index in [1.165, 1.54) is 18.2 Å². The molecule has 0 saturated carbocycles. The van der Waals surface area contributed by atoms with Gasteiger partial charge < -0.3 is 19.5 Å². The number of fused-ring (bicyclic) bond motifs is 1. The number of benzene rings is 2. The number of guanidine groups is 1. The Morgan fingerprint density at radius 3 is 2.74 bits per heavy atom. The maximum absolute atomic E-state index is 13.0. The lowest BCUT2D eigenvalue weighted by Gasteiger charge is -2.15. The predicted octanol–water partition coefficient (Wildman–Crippen LogP) is 3.81. The molecule has 2 aromatic rings. The van der Waals surface area contributed by atoms with Crippen molar-refractivity contribution < 1.29 is 32.2 Å². The highest BCUT2D eigenvalue weighted by Gasteiger charge is 2.30. The smallest absolute Gasteiger partial charge is 0.416 e. The van der Waals surface area contributed by atoms with E-state index in [2.05, 4.69) is 15.6 Å². The Morgan fingerprint density at radius 2 is 1.97 bits per heavy atom. The summed E-state index contributed by atoms with van der Waals surface area (Å²) in [5.74, 6) is 0.503. The Hall–Kier alpha value is -3.27. The van der Waals surface area contributed by atoms with Gasteiger partial charge in [-0.3, -0.25) is 10.1 Å². The van der Waals surface area contributed by atoms with Gasteiger partial charge in [-0.25, -0.2) is 4.99 Å². The number of alkyl halides is 3. The molecule has 0 bridgehead atoms. The first-order valence-corrected chi connectivity index (χ1v) is 9.70. The molecule has 10 heteroatoms. The Morgan fingerprint density at radius 1 is 1.13 bits per heavy atom. The van der Waals surface area contributed by atoms with E-state index < -0.39 is 17.6 Å². The summed E-state index contributed by atoms with van der Waals surface area (Å²) < 4.78 is 55.1. The van der Waals surface area contributed by atoms with E-state index >= 15 is 0 Å². The molecule has 2 N–H and O–H groups in total. The zero-order valence-electron chi connectivity index (χ0n) is 16.4. The monoisotopic (exact) mass is 435 g/mol. The van der Waals surface area contributed by atoms with E-state index in [0.29, 0.717) is 23.7 Å². The van der Waals surface area contributed by atoms with Crippen molar-refractivity contribution in [2.75, 3.05) is 25.3 Å². The Kier molecular flexibility index (Phi) is 5.99. The first-order chi connectivity index (χ1) is 14.9. The normalized spacial score (nSPS) is 18.2. The van der Waals surface area contributed by atoms with Crippen molar-refractivity contribution in [3.63, 3.8) is 0 Å². The molecule has 1 unspecified atom stereocenters. The molecule has 2 aliphatic rings. The lowest BCUT2D eigenvalue weighted by atomic mass is 10.2. The molecule has 1 atom stereocenters. The van der Waals surface area contributed by atoms with Gasteiger partial charge in [-0.1, -0.05) is 6.07 Å². The van der Waals surface area contributed by atoms with Gasteiger partial charge in [0.1, 0.15) is 0 Å². The Bertz CT molecular complexity index is 988. The third-order valence-electron chi connectivity index (χ3n) is 4.80. The predicted molar refractivity (Wildman–Crippen MR) is 106 cm³/mol. The Labute approximate surface area is 176 Å². The van der Waals surface area contributed by atoms with Gasteiger partial charge in [-0.15, -0.1) is 0 Å². The molecule has 0 aromatic heterocycles. The van der Waals surface area contributed by atoms with Gasteiger partial charge in [0, 0.05) is 17.9 Å². The fourth-order valence-corrected chi connectivity index (χ4v) is 3.22. The highest BCUT2D eigenvalue weighted by atomic mass is 19.4. The van der Waals surface area contributed by atoms with Crippen molar-refractivity contribution in [2.45, 2.75) is 25.1 Å². The van der Waals surface area contributed by atoms with Gasteiger partial charge in [0.05, 0.1) is 18.2 Å². The molecule has 0 radical (unpaired) electrons. The van der Waals surface area contributed by atoms with Crippen LogP contribution in [0.3, 0.4) is 0 Å². The lowest BCUT2D eigenvalue weighted by Crippen LogP contribution is -2.36. The van der Waals surface area contributed by atoms with E-state index in [1.807, 2.05) is 0 Å². The van der Waals surface area contributed by atoms with Crippen LogP contribution in [0.25, 0.3) is 0 Å². The van der Waals surface area contributed by atoms with E-state index in [4.69, 9.17) is 14.2 Å². The maximum Gasteiger partial charge on any atom is 0.416 e. The number of hydrogen-bond donors (Lipinski definition) is 2. The summed E-state index contributed by atoms with van der Waals surface area (Å²) in [6, 6.07) is 9.37. The molecule has 2 aliphatic heterocycles. The molecule has 0 spiro atoms. The number of nitrogens with zero attached hydrogens (tertiary/aromatic N) is 1. The highest BCUT2D eigenvalue weighted by molar-refractivity contribution is 6.10. The molecule has 2 heterocycles. The fourth-order valence-electron chi connectivity index (χ4n) is 3.22. The molecule has 31 heavy (non-hydrogen) atoms. The molecule has 164 valence electrons. The number of anilines is 1. The molecule has 4 rings (SSSR count). The molecule has 0 aliphatic carbocycles. The van der Waals surface area contributed by atoms with Crippen LogP contribution in [0, 0.1) is 0 Å². The van der Waals surface area contributed by atoms with Gasteiger partial charge in [0.15, 0.2) is 11.5 Å². The molecular weight excluding hydrogens is 415 g/mol. The number of amides is 1. The van der Waals surface area contributed by atoms with Crippen molar-refractivity contribution in [1.29, 1.82) is 0 Å². The summed E-state index contributed by atoms with van der Waals surface area (Å²) in [5, 5.41) is 5.40. The highest BCUT2D eigenvalue weighted by Crippen LogP contribution is 2.32. The number of nitrogens with one attached hydrogen (secondary N) is 2. The molecular formula is C21H20F3N3O4. The van der Waals surface area contributed by atoms with Gasteiger partial charge in [-0.05, 0) is 49.2 Å². The van der Waals surface area contributed by atoms with Crippen molar-refractivity contribution in [2.24, 2.45) is 4.99 Å². The van der Waals surface area contributed by atoms with Crippen LogP contribution in [-0.2, 0) is 10.9 Å². The van der Waals surface area contributed by atoms with Gasteiger partial charge >= 0.3 is 6.18 Å². The fraction of sp³-hybridized carbons (Fsp3) is 0.333. The van der Waals surface area contributed by atoms with Crippen LogP contribution < -0.4 is 20.1 Å². The molecule has 2 aromatic carbocycles. The second-order valence-electron chi connectivity index (χ2n) is 7.05. The topological polar surface area (TPSA) is 81.2 Å². The number of halogens is 3. The van der Waals surface area contributed by atoms with Crippen molar-refractivity contribution in [1.82, 2.24) is 5.32 Å². The summed E-state index contributed by atoms with van der Waals surface area (Å²) in [4.78, 5) is 17.1. The first kappa shape index (κ1) is 21.0. The second-order valence-corrected chi connectivity index (χ2v) is 7.05. The summed E-state index contributed by atoms with van der Waals surface area (Å²) >= 11 is 0. The average molecular weight is 435 g/mol. The molecule has 7 nitrogen and oxygen atoms in total. The maximum atomic E-state index is 13.0. The molecule has 1 amide bonds. The van der Waals surface area contributed by atoms with Crippen LogP contribution in [0.2, 0.25) is 0 Å². The summed E-state index contributed by atoms with van der Waals surface area (Å²) in [6.45, 7) is 0.981. The summed E-state index contributed by atoms with van der Waals surface area (Å²) in [5.41, 5.74) is -0.370. The molecule has 1 saturated heterocycles. The van der Waals surface area contributed by atoms with Crippen LogP contribution in [0.4, 0.5) is 18.9 Å². The third-order valence-corrected chi connectivity index (χ3v) is 4.80. The number of aliphatic imine (C=N–C) groups is 1. The Balaban J connectivity index is 1.52. The first-order valence-electron chi connectivity index (χ1n) is 9.70. The molecule has 1 fully saturated rings. The number of carbonyl (C=O) groups excluding carboxylic acids is 1. The van der Waals surface area contributed by atoms with Crippen molar-refractivity contribution >= 4 is 17.6 Å². The summed E-state index contributed by atoms with van der Waals surface area (Å²) in [6.07, 6.45) is -2.83. The average Bonchev–Trinajstić information content (AvgIpc) is 3.42. The van der Waals surface area contributed by atoms with E-state index in [-0.39, 0.29) is 31.1 Å². The number of ether oxygens (including phenoxy) is 3. The SMILES string of the molecule is O=C(NC(=NCC1CCCO1)Nc1cccc(C(F)(F)F)c1)c1ccc2c(c1)OCO2. The van der Waals surface area contributed by atoms with Gasteiger partial charge in [-0.2, -0.15) is 13.2 Å². The lowest BCUT2D eigenvalue weighted by molar-refractivity contribution is -0.137. The standard InChI is InChI=1S/C21H20F3N3O4/c22-21(23,24)14-3-1-4-15(10-14)26-20(25-11-16-5-2-8-29-16)27-19(28)13-6-7-17-18(9-13)31-12-30-17/h1,3-4,6-7,9-10,16H,2,5,8,11-12H2,(H2,25,26,27,28). The van der Waals surface area contributed by atoms with E-state index in [0.717, 1.165) is 25.0 Å².